The van der Waals surface area contributed by atoms with Crippen molar-refractivity contribution in [3.63, 3.8) is 0 Å². The molecule has 0 aromatic heterocycles. The van der Waals surface area contributed by atoms with E-state index < -0.39 is 12.1 Å². The minimum absolute atomic E-state index is 0.0773. The van der Waals surface area contributed by atoms with E-state index in [0.29, 0.717) is 6.42 Å². The molecule has 2 unspecified atom stereocenters. The van der Waals surface area contributed by atoms with Gasteiger partial charge in [-0.3, -0.25) is 4.79 Å². The normalized spacial score (nSPS) is 13.7. The van der Waals surface area contributed by atoms with Gasteiger partial charge in [-0.1, -0.05) is 127 Å². The molecule has 0 saturated carbocycles. The molecule has 0 rings (SSSR count). The maximum absolute atomic E-state index is 12.2. The van der Waals surface area contributed by atoms with Crippen LogP contribution in [0.2, 0.25) is 0 Å². The summed E-state index contributed by atoms with van der Waals surface area (Å²) < 4.78 is 0. The van der Waals surface area contributed by atoms with Gasteiger partial charge in [-0.05, 0) is 51.4 Å². The Bertz CT molecular complexity index is 570. The summed E-state index contributed by atoms with van der Waals surface area (Å²) in [5.41, 5.74) is 0. The van der Waals surface area contributed by atoms with Crippen LogP contribution in [0.5, 0.6) is 0 Å². The average Bonchev–Trinajstić information content (AvgIpc) is 2.90. The van der Waals surface area contributed by atoms with Gasteiger partial charge >= 0.3 is 0 Å². The molecule has 3 N–H and O–H groups in total. The van der Waals surface area contributed by atoms with E-state index in [9.17, 15) is 15.0 Å². The van der Waals surface area contributed by atoms with E-state index in [1.54, 1.807) is 6.08 Å². The van der Waals surface area contributed by atoms with Gasteiger partial charge in [-0.2, -0.15) is 0 Å². The standard InChI is InChI=1S/C33H61NO3/c1-3-5-7-9-11-12-13-14-15-16-17-18-19-20-21-22-23-25-27-29-33(37)34-31(30-35)32(36)28-26-24-10-8-6-4-2/h11-12,14-15,26,28,31-32,35-36H,3-10,13,16-25,27,29-30H2,1-2H3,(H,34,37)/b12-11-,15-14-,28-26+. The first kappa shape index (κ1) is 35.6. The van der Waals surface area contributed by atoms with E-state index >= 15 is 0 Å². The highest BCUT2D eigenvalue weighted by Gasteiger charge is 2.17. The highest BCUT2D eigenvalue weighted by molar-refractivity contribution is 5.76. The second kappa shape index (κ2) is 29.2. The minimum Gasteiger partial charge on any atom is -0.394 e. The van der Waals surface area contributed by atoms with Gasteiger partial charge in [0, 0.05) is 6.42 Å². The molecule has 0 fully saturated rings. The third-order valence-corrected chi connectivity index (χ3v) is 6.87. The quantitative estimate of drug-likeness (QED) is 0.0750. The lowest BCUT2D eigenvalue weighted by Crippen LogP contribution is -2.45. The third-order valence-electron chi connectivity index (χ3n) is 6.87. The van der Waals surface area contributed by atoms with E-state index in [1.807, 2.05) is 6.08 Å². The van der Waals surface area contributed by atoms with Gasteiger partial charge in [0.25, 0.3) is 0 Å². The van der Waals surface area contributed by atoms with Gasteiger partial charge in [0.2, 0.25) is 5.91 Å². The van der Waals surface area contributed by atoms with E-state index in [4.69, 9.17) is 0 Å². The number of amides is 1. The molecule has 0 heterocycles. The van der Waals surface area contributed by atoms with Crippen molar-refractivity contribution in [3.05, 3.63) is 36.5 Å². The second-order valence-corrected chi connectivity index (χ2v) is 10.5. The van der Waals surface area contributed by atoms with E-state index in [1.165, 1.54) is 96.3 Å². The number of aliphatic hydroxyl groups excluding tert-OH is 2. The summed E-state index contributed by atoms with van der Waals surface area (Å²) in [6, 6.07) is -0.618. The van der Waals surface area contributed by atoms with Crippen LogP contribution in [-0.2, 0) is 4.79 Å². The van der Waals surface area contributed by atoms with Gasteiger partial charge in [0.05, 0.1) is 18.8 Å². The minimum atomic E-state index is -0.835. The zero-order valence-corrected chi connectivity index (χ0v) is 24.5. The van der Waals surface area contributed by atoms with Crippen molar-refractivity contribution in [3.8, 4) is 0 Å². The topological polar surface area (TPSA) is 69.6 Å². The third kappa shape index (κ3) is 26.0. The van der Waals surface area contributed by atoms with Crippen LogP contribution in [0.3, 0.4) is 0 Å². The lowest BCUT2D eigenvalue weighted by Gasteiger charge is -2.20. The van der Waals surface area contributed by atoms with E-state index in [-0.39, 0.29) is 12.5 Å². The van der Waals surface area contributed by atoms with Gasteiger partial charge in [-0.25, -0.2) is 0 Å². The molecule has 0 radical (unpaired) electrons. The number of nitrogens with one attached hydrogen (secondary N) is 1. The van der Waals surface area contributed by atoms with Crippen molar-refractivity contribution >= 4 is 5.91 Å². The molecule has 216 valence electrons. The number of carbonyl (C=O) groups is 1. The van der Waals surface area contributed by atoms with Crippen LogP contribution < -0.4 is 5.32 Å². The van der Waals surface area contributed by atoms with Crippen molar-refractivity contribution in [1.82, 2.24) is 5.32 Å². The fraction of sp³-hybridized carbons (Fsp3) is 0.788. The second-order valence-electron chi connectivity index (χ2n) is 10.5. The first-order valence-corrected chi connectivity index (χ1v) is 15.7. The van der Waals surface area contributed by atoms with Crippen molar-refractivity contribution < 1.29 is 15.0 Å². The lowest BCUT2D eigenvalue weighted by molar-refractivity contribution is -0.123. The van der Waals surface area contributed by atoms with Crippen molar-refractivity contribution in [2.75, 3.05) is 6.61 Å². The molecule has 0 aliphatic rings. The smallest absolute Gasteiger partial charge is 0.220 e. The number of hydrogen-bond acceptors (Lipinski definition) is 3. The Hall–Kier alpha value is -1.39. The molecule has 0 aliphatic carbocycles. The van der Waals surface area contributed by atoms with Gasteiger partial charge in [0.15, 0.2) is 0 Å². The molecule has 0 saturated heterocycles. The van der Waals surface area contributed by atoms with Crippen LogP contribution in [-0.4, -0.2) is 34.9 Å². The van der Waals surface area contributed by atoms with E-state index in [2.05, 4.69) is 43.5 Å². The maximum Gasteiger partial charge on any atom is 0.220 e. The van der Waals surface area contributed by atoms with Crippen molar-refractivity contribution in [2.24, 2.45) is 0 Å². The predicted octanol–water partition coefficient (Wildman–Crippen LogP) is 8.72. The summed E-state index contributed by atoms with van der Waals surface area (Å²) in [4.78, 5) is 12.2. The Labute approximate surface area is 230 Å². The number of aliphatic hydroxyl groups is 2. The average molecular weight is 520 g/mol. The monoisotopic (exact) mass is 519 g/mol. The van der Waals surface area contributed by atoms with Crippen LogP contribution in [0, 0.1) is 0 Å². The van der Waals surface area contributed by atoms with Crippen LogP contribution in [0.1, 0.15) is 149 Å². The van der Waals surface area contributed by atoms with Crippen molar-refractivity contribution in [1.29, 1.82) is 0 Å². The van der Waals surface area contributed by atoms with Crippen LogP contribution in [0.4, 0.5) is 0 Å². The van der Waals surface area contributed by atoms with E-state index in [0.717, 1.165) is 32.1 Å². The highest BCUT2D eigenvalue weighted by Crippen LogP contribution is 2.12. The Morgan fingerprint density at radius 2 is 1.11 bits per heavy atom. The predicted molar refractivity (Wildman–Crippen MR) is 161 cm³/mol. The first-order valence-electron chi connectivity index (χ1n) is 15.7. The molecule has 0 aromatic carbocycles. The molecule has 0 spiro atoms. The molecule has 4 heteroatoms. The fourth-order valence-corrected chi connectivity index (χ4v) is 4.38. The zero-order valence-electron chi connectivity index (χ0n) is 24.5. The summed E-state index contributed by atoms with van der Waals surface area (Å²) in [5.74, 6) is -0.0773. The highest BCUT2D eigenvalue weighted by atomic mass is 16.3. The molecule has 0 aliphatic heterocycles. The summed E-state index contributed by atoms with van der Waals surface area (Å²) in [6.07, 6.45) is 36.6. The molecular formula is C33H61NO3. The summed E-state index contributed by atoms with van der Waals surface area (Å²) in [6.45, 7) is 4.19. The number of carbonyl (C=O) groups excluding carboxylic acids is 1. The van der Waals surface area contributed by atoms with Gasteiger partial charge in [-0.15, -0.1) is 0 Å². The van der Waals surface area contributed by atoms with Crippen LogP contribution >= 0.6 is 0 Å². The maximum atomic E-state index is 12.2. The molecule has 0 bridgehead atoms. The first-order chi connectivity index (χ1) is 18.2. The summed E-state index contributed by atoms with van der Waals surface area (Å²) in [5, 5.41) is 22.6. The number of unbranched alkanes of at least 4 members (excludes halogenated alkanes) is 16. The zero-order chi connectivity index (χ0) is 27.2. The number of allylic oxidation sites excluding steroid dienone is 5. The molecule has 37 heavy (non-hydrogen) atoms. The molecule has 1 amide bonds. The molecular weight excluding hydrogens is 458 g/mol. The number of hydrogen-bond donors (Lipinski definition) is 3. The largest absolute Gasteiger partial charge is 0.394 e. The van der Waals surface area contributed by atoms with Gasteiger partial charge < -0.3 is 15.5 Å². The Morgan fingerprint density at radius 1 is 0.649 bits per heavy atom. The van der Waals surface area contributed by atoms with Crippen LogP contribution in [0.25, 0.3) is 0 Å². The summed E-state index contributed by atoms with van der Waals surface area (Å²) in [7, 11) is 0. The lowest BCUT2D eigenvalue weighted by atomic mass is 10.1. The number of rotatable bonds is 27. The molecule has 0 aromatic rings. The fourth-order valence-electron chi connectivity index (χ4n) is 4.38. The summed E-state index contributed by atoms with van der Waals surface area (Å²) >= 11 is 0. The molecule has 4 nitrogen and oxygen atoms in total. The Balaban J connectivity index is 3.58. The SMILES string of the molecule is CCCCC/C=C\C/C=C\CCCCCCCCCCCC(=O)NC(CO)C(O)/C=C/CCCCCC. The van der Waals surface area contributed by atoms with Crippen molar-refractivity contribution in [2.45, 2.75) is 161 Å². The Morgan fingerprint density at radius 3 is 1.68 bits per heavy atom. The van der Waals surface area contributed by atoms with Crippen LogP contribution in [0.15, 0.2) is 36.5 Å². The molecule has 2 atom stereocenters. The van der Waals surface area contributed by atoms with Gasteiger partial charge in [0.1, 0.15) is 0 Å². The Kier molecular flexibility index (Phi) is 28.1.